The van der Waals surface area contributed by atoms with Gasteiger partial charge in [0, 0.05) is 31.7 Å². The fourth-order valence-electron chi connectivity index (χ4n) is 5.48. The van der Waals surface area contributed by atoms with Gasteiger partial charge in [0.1, 0.15) is 18.2 Å². The Morgan fingerprint density at radius 3 is 2.60 bits per heavy atom. The van der Waals surface area contributed by atoms with E-state index in [4.69, 9.17) is 4.74 Å². The maximum Gasteiger partial charge on any atom is 0.261 e. The van der Waals surface area contributed by atoms with E-state index in [1.54, 1.807) is 35.3 Å². The predicted molar refractivity (Wildman–Crippen MR) is 160 cm³/mol. The standard InChI is InChI=1S/C32H32N6O5/c1-19-5-8-27(20(2)15-19)43-18-22(39)7-6-21-9-11-33-30(40)28(21)29-35-25-16-23-24(17-26(25)36-29)32(42)38(31(23)41)14-4-13-37-12-3-10-34-37/h3,5,8-12,15-17,22,39H,4,6-7,13-14,18H2,1-2H3,(H,33,40)(H,35,36). The van der Waals surface area contributed by atoms with Crippen LogP contribution in [0.3, 0.4) is 0 Å². The number of benzene rings is 2. The number of ether oxygens (including phenoxy) is 1. The third-order valence-corrected chi connectivity index (χ3v) is 7.69. The van der Waals surface area contributed by atoms with Crippen LogP contribution in [0.5, 0.6) is 5.75 Å². The summed E-state index contributed by atoms with van der Waals surface area (Å²) in [6.45, 7) is 4.98. The fourth-order valence-corrected chi connectivity index (χ4v) is 5.48. The molecule has 1 atom stereocenters. The van der Waals surface area contributed by atoms with E-state index in [-0.39, 0.29) is 30.5 Å². The molecular weight excluding hydrogens is 548 g/mol. The molecule has 6 rings (SSSR count). The lowest BCUT2D eigenvalue weighted by Crippen LogP contribution is -2.31. The number of imide groups is 1. The topological polar surface area (TPSA) is 146 Å². The van der Waals surface area contributed by atoms with Crippen molar-refractivity contribution in [1.29, 1.82) is 0 Å². The highest BCUT2D eigenvalue weighted by atomic mass is 16.5. The quantitative estimate of drug-likeness (QED) is 0.202. The molecule has 0 fully saturated rings. The van der Waals surface area contributed by atoms with Gasteiger partial charge in [-0.1, -0.05) is 17.7 Å². The molecule has 2 aromatic carbocycles. The summed E-state index contributed by atoms with van der Waals surface area (Å²) in [5.41, 5.74) is 4.48. The average molecular weight is 581 g/mol. The molecule has 0 bridgehead atoms. The van der Waals surface area contributed by atoms with Crippen LogP contribution in [-0.4, -0.2) is 65.8 Å². The number of hydrogen-bond acceptors (Lipinski definition) is 7. The molecule has 0 saturated carbocycles. The summed E-state index contributed by atoms with van der Waals surface area (Å²) >= 11 is 0. The zero-order valence-corrected chi connectivity index (χ0v) is 24.0. The van der Waals surface area contributed by atoms with Gasteiger partial charge in [-0.2, -0.15) is 5.10 Å². The fraction of sp³-hybridized carbons (Fsp3) is 0.281. The molecule has 2 amide bonds. The molecule has 11 nitrogen and oxygen atoms in total. The van der Waals surface area contributed by atoms with Crippen molar-refractivity contribution in [2.75, 3.05) is 13.2 Å². The number of aryl methyl sites for hydroxylation is 4. The van der Waals surface area contributed by atoms with Crippen molar-refractivity contribution < 1.29 is 19.4 Å². The second kappa shape index (κ2) is 11.7. The van der Waals surface area contributed by atoms with Gasteiger partial charge < -0.3 is 19.8 Å². The molecule has 3 aromatic heterocycles. The van der Waals surface area contributed by atoms with Crippen molar-refractivity contribution >= 4 is 22.8 Å². The third kappa shape index (κ3) is 5.71. The van der Waals surface area contributed by atoms with E-state index in [2.05, 4.69) is 20.1 Å². The SMILES string of the molecule is Cc1ccc(OCC(O)CCc2cc[nH]c(=O)c2-c2nc3cc4c(cc3[nH]2)C(=O)N(CCCn2cccn2)C4=O)c(C)c1. The molecule has 0 aliphatic carbocycles. The number of fused-ring (bicyclic) bond motifs is 2. The second-order valence-electron chi connectivity index (χ2n) is 10.9. The normalized spacial score (nSPS) is 13.6. The van der Waals surface area contributed by atoms with E-state index in [1.165, 1.54) is 4.90 Å². The average Bonchev–Trinajstić information content (AvgIpc) is 3.70. The second-order valence-corrected chi connectivity index (χ2v) is 10.9. The van der Waals surface area contributed by atoms with Crippen LogP contribution in [-0.2, 0) is 13.0 Å². The summed E-state index contributed by atoms with van der Waals surface area (Å²) in [6.07, 6.45) is 5.70. The van der Waals surface area contributed by atoms with Gasteiger partial charge >= 0.3 is 0 Å². The van der Waals surface area contributed by atoms with Crippen LogP contribution in [0.25, 0.3) is 22.4 Å². The Morgan fingerprint density at radius 1 is 1.02 bits per heavy atom. The zero-order valence-electron chi connectivity index (χ0n) is 24.0. The number of nitrogens with zero attached hydrogens (tertiary/aromatic N) is 4. The number of amides is 2. The molecule has 0 saturated heterocycles. The number of hydrogen-bond donors (Lipinski definition) is 3. The Balaban J connectivity index is 1.17. The van der Waals surface area contributed by atoms with Crippen molar-refractivity contribution in [1.82, 2.24) is 29.6 Å². The van der Waals surface area contributed by atoms with Gasteiger partial charge in [-0.15, -0.1) is 0 Å². The van der Waals surface area contributed by atoms with E-state index in [9.17, 15) is 19.5 Å². The van der Waals surface area contributed by atoms with Crippen LogP contribution in [0.2, 0.25) is 0 Å². The lowest BCUT2D eigenvalue weighted by molar-refractivity contribution is 0.0650. The summed E-state index contributed by atoms with van der Waals surface area (Å²) in [6, 6.07) is 12.7. The van der Waals surface area contributed by atoms with Crippen LogP contribution in [0, 0.1) is 13.8 Å². The van der Waals surface area contributed by atoms with Gasteiger partial charge in [-0.05, 0) is 74.6 Å². The summed E-state index contributed by atoms with van der Waals surface area (Å²) in [4.78, 5) is 50.9. The van der Waals surface area contributed by atoms with E-state index in [1.807, 2.05) is 44.3 Å². The number of aromatic nitrogens is 5. The molecule has 0 spiro atoms. The summed E-state index contributed by atoms with van der Waals surface area (Å²) in [7, 11) is 0. The maximum atomic E-state index is 13.1. The largest absolute Gasteiger partial charge is 0.491 e. The first kappa shape index (κ1) is 28.1. The minimum Gasteiger partial charge on any atom is -0.491 e. The Bertz CT molecular complexity index is 1820. The molecular formula is C32H32N6O5. The van der Waals surface area contributed by atoms with Gasteiger partial charge in [-0.25, -0.2) is 4.98 Å². The van der Waals surface area contributed by atoms with E-state index in [0.29, 0.717) is 64.9 Å². The third-order valence-electron chi connectivity index (χ3n) is 7.69. The van der Waals surface area contributed by atoms with Gasteiger partial charge in [0.25, 0.3) is 17.4 Å². The zero-order chi connectivity index (χ0) is 30.1. The number of aliphatic hydroxyl groups excluding tert-OH is 1. The molecule has 5 aromatic rings. The van der Waals surface area contributed by atoms with Crippen LogP contribution < -0.4 is 10.3 Å². The van der Waals surface area contributed by atoms with Crippen molar-refractivity contribution in [3.8, 4) is 17.1 Å². The first-order valence-electron chi connectivity index (χ1n) is 14.2. The molecule has 3 N–H and O–H groups in total. The van der Waals surface area contributed by atoms with Crippen LogP contribution >= 0.6 is 0 Å². The van der Waals surface area contributed by atoms with Crippen molar-refractivity contribution in [3.63, 3.8) is 0 Å². The number of H-pyrrole nitrogens is 2. The minimum atomic E-state index is -0.744. The number of carbonyl (C=O) groups is 2. The highest BCUT2D eigenvalue weighted by molar-refractivity contribution is 6.22. The molecule has 43 heavy (non-hydrogen) atoms. The van der Waals surface area contributed by atoms with Gasteiger partial charge in [-0.3, -0.25) is 24.0 Å². The van der Waals surface area contributed by atoms with Crippen LogP contribution in [0.1, 0.15) is 50.2 Å². The molecule has 220 valence electrons. The van der Waals surface area contributed by atoms with Crippen molar-refractivity contribution in [2.24, 2.45) is 0 Å². The van der Waals surface area contributed by atoms with E-state index < -0.39 is 6.10 Å². The molecule has 1 unspecified atom stereocenters. The number of aromatic amines is 2. The summed E-state index contributed by atoms with van der Waals surface area (Å²) in [5, 5.41) is 14.8. The lowest BCUT2D eigenvalue weighted by atomic mass is 10.0. The van der Waals surface area contributed by atoms with Crippen molar-refractivity contribution in [3.05, 3.63) is 99.2 Å². The summed E-state index contributed by atoms with van der Waals surface area (Å²) < 4.78 is 7.58. The Labute approximate surface area is 247 Å². The van der Waals surface area contributed by atoms with Gasteiger partial charge in [0.15, 0.2) is 0 Å². The van der Waals surface area contributed by atoms with Crippen molar-refractivity contribution in [2.45, 2.75) is 45.8 Å². The smallest absolute Gasteiger partial charge is 0.261 e. The van der Waals surface area contributed by atoms with E-state index >= 15 is 0 Å². The number of rotatable bonds is 11. The summed E-state index contributed by atoms with van der Waals surface area (Å²) in [5.74, 6) is 0.341. The maximum absolute atomic E-state index is 13.1. The monoisotopic (exact) mass is 580 g/mol. The number of carbonyl (C=O) groups excluding carboxylic acids is 2. The minimum absolute atomic E-state index is 0.126. The first-order chi connectivity index (χ1) is 20.8. The van der Waals surface area contributed by atoms with Crippen LogP contribution in [0.15, 0.2) is 65.8 Å². The Hall–Kier alpha value is -5.03. The molecule has 11 heteroatoms. The predicted octanol–water partition coefficient (Wildman–Crippen LogP) is 3.79. The molecule has 1 aliphatic rings. The first-order valence-corrected chi connectivity index (χ1v) is 14.2. The molecule has 4 heterocycles. The Morgan fingerprint density at radius 2 is 1.84 bits per heavy atom. The highest BCUT2D eigenvalue weighted by Crippen LogP contribution is 2.29. The number of imidazole rings is 1. The molecule has 1 aliphatic heterocycles. The Kier molecular flexibility index (Phi) is 7.64. The highest BCUT2D eigenvalue weighted by Gasteiger charge is 2.36. The number of aliphatic hydroxyl groups is 1. The number of pyridine rings is 1. The lowest BCUT2D eigenvalue weighted by Gasteiger charge is -2.15. The molecule has 0 radical (unpaired) electrons. The van der Waals surface area contributed by atoms with Gasteiger partial charge in [0.05, 0.1) is 33.8 Å². The number of nitrogens with one attached hydrogen (secondary N) is 2. The van der Waals surface area contributed by atoms with Crippen LogP contribution in [0.4, 0.5) is 0 Å². The van der Waals surface area contributed by atoms with Gasteiger partial charge in [0.2, 0.25) is 0 Å². The van der Waals surface area contributed by atoms with E-state index in [0.717, 1.165) is 16.9 Å².